The summed E-state index contributed by atoms with van der Waals surface area (Å²) in [6.07, 6.45) is 4.80. The fraction of sp³-hybridized carbons (Fsp3) is 0.133. The van der Waals surface area contributed by atoms with Gasteiger partial charge >= 0.3 is 5.97 Å². The zero-order valence-electron chi connectivity index (χ0n) is 11.1. The summed E-state index contributed by atoms with van der Waals surface area (Å²) in [5.74, 6) is -0.319. The highest BCUT2D eigenvalue weighted by atomic mass is 16.5. The minimum Gasteiger partial charge on any atom is -0.462 e. The molecule has 1 N–H and O–H groups in total. The maximum atomic E-state index is 11.0. The van der Waals surface area contributed by atoms with Crippen LogP contribution in [0.5, 0.6) is 0 Å². The van der Waals surface area contributed by atoms with E-state index in [1.54, 1.807) is 31.6 Å². The van der Waals surface area contributed by atoms with E-state index in [1.807, 2.05) is 24.3 Å². The van der Waals surface area contributed by atoms with Crippen LogP contribution in [0.25, 0.3) is 11.0 Å². The predicted molar refractivity (Wildman–Crippen MR) is 76.3 cm³/mol. The number of rotatable bonds is 2. The van der Waals surface area contributed by atoms with Gasteiger partial charge in [-0.1, -0.05) is 12.1 Å². The first-order valence-corrected chi connectivity index (χ1v) is 6.26. The molecular formula is C15H15N3O2. The summed E-state index contributed by atoms with van der Waals surface area (Å²) in [5.41, 5.74) is 2.62. The fourth-order valence-corrected chi connectivity index (χ4v) is 1.58. The molecule has 1 aromatic carbocycles. The lowest BCUT2D eigenvalue weighted by atomic mass is 10.3. The lowest BCUT2D eigenvalue weighted by Crippen LogP contribution is -2.04. The third kappa shape index (κ3) is 3.65. The van der Waals surface area contributed by atoms with Crippen LogP contribution in [-0.2, 0) is 4.74 Å². The van der Waals surface area contributed by atoms with Gasteiger partial charge in [0.2, 0.25) is 0 Å². The fourth-order valence-electron chi connectivity index (χ4n) is 1.58. The molecular weight excluding hydrogens is 254 g/mol. The molecule has 3 rings (SSSR count). The molecule has 20 heavy (non-hydrogen) atoms. The molecule has 0 bridgehead atoms. The number of aromatic amines is 1. The molecule has 0 aliphatic carbocycles. The molecule has 0 saturated carbocycles. The number of aromatic nitrogens is 3. The third-order valence-corrected chi connectivity index (χ3v) is 2.50. The Morgan fingerprint density at radius 2 is 2.10 bits per heavy atom. The van der Waals surface area contributed by atoms with Gasteiger partial charge in [-0.3, -0.25) is 4.98 Å². The number of nitrogens with one attached hydrogen (secondary N) is 1. The number of nitrogens with zero attached hydrogens (tertiary/aromatic N) is 2. The lowest BCUT2D eigenvalue weighted by molar-refractivity contribution is 0.0526. The largest absolute Gasteiger partial charge is 0.462 e. The van der Waals surface area contributed by atoms with Gasteiger partial charge in [0, 0.05) is 12.4 Å². The van der Waals surface area contributed by atoms with Crippen molar-refractivity contribution in [2.24, 2.45) is 0 Å². The van der Waals surface area contributed by atoms with Gasteiger partial charge in [0.25, 0.3) is 0 Å². The second-order valence-corrected chi connectivity index (χ2v) is 3.88. The number of imidazole rings is 1. The smallest absolute Gasteiger partial charge is 0.339 e. The molecule has 3 aromatic rings. The molecule has 5 heteroatoms. The molecule has 0 amide bonds. The summed E-state index contributed by atoms with van der Waals surface area (Å²) in [7, 11) is 0. The van der Waals surface area contributed by atoms with Crippen molar-refractivity contribution in [3.05, 3.63) is 60.7 Å². The van der Waals surface area contributed by atoms with Crippen LogP contribution in [0.3, 0.4) is 0 Å². The second kappa shape index (κ2) is 7.04. The summed E-state index contributed by atoms with van der Waals surface area (Å²) >= 11 is 0. The van der Waals surface area contributed by atoms with Crippen LogP contribution in [-0.4, -0.2) is 27.5 Å². The molecule has 0 fully saturated rings. The van der Waals surface area contributed by atoms with Gasteiger partial charge in [0.15, 0.2) is 0 Å². The van der Waals surface area contributed by atoms with E-state index in [0.717, 1.165) is 11.0 Å². The number of hydrogen-bond donors (Lipinski definition) is 1. The van der Waals surface area contributed by atoms with E-state index in [1.165, 1.54) is 6.20 Å². The monoisotopic (exact) mass is 269 g/mol. The van der Waals surface area contributed by atoms with Gasteiger partial charge in [-0.15, -0.1) is 0 Å². The summed E-state index contributed by atoms with van der Waals surface area (Å²) in [4.78, 5) is 21.8. The molecule has 2 heterocycles. The summed E-state index contributed by atoms with van der Waals surface area (Å²) in [5, 5.41) is 0. The van der Waals surface area contributed by atoms with Gasteiger partial charge in [-0.05, 0) is 31.2 Å². The maximum absolute atomic E-state index is 11.0. The number of esters is 1. The van der Waals surface area contributed by atoms with Gasteiger partial charge in [0.1, 0.15) is 0 Å². The topological polar surface area (TPSA) is 67.9 Å². The second-order valence-electron chi connectivity index (χ2n) is 3.88. The Labute approximate surface area is 116 Å². The van der Waals surface area contributed by atoms with Crippen LogP contribution in [0.4, 0.5) is 0 Å². The molecule has 0 aliphatic heterocycles. The van der Waals surface area contributed by atoms with Gasteiger partial charge in [0.05, 0.1) is 29.5 Å². The number of carbonyl (C=O) groups is 1. The van der Waals surface area contributed by atoms with Crippen molar-refractivity contribution in [2.45, 2.75) is 6.92 Å². The van der Waals surface area contributed by atoms with E-state index >= 15 is 0 Å². The van der Waals surface area contributed by atoms with Crippen molar-refractivity contribution in [1.29, 1.82) is 0 Å². The van der Waals surface area contributed by atoms with Gasteiger partial charge in [-0.2, -0.15) is 0 Å². The van der Waals surface area contributed by atoms with Crippen molar-refractivity contribution in [1.82, 2.24) is 15.0 Å². The van der Waals surface area contributed by atoms with Gasteiger partial charge < -0.3 is 9.72 Å². The number of pyridine rings is 1. The van der Waals surface area contributed by atoms with E-state index < -0.39 is 0 Å². The zero-order valence-corrected chi connectivity index (χ0v) is 11.1. The number of para-hydroxylation sites is 2. The molecule has 0 radical (unpaired) electrons. The normalized spacial score (nSPS) is 9.65. The Morgan fingerprint density at radius 1 is 1.25 bits per heavy atom. The number of H-pyrrole nitrogens is 1. The van der Waals surface area contributed by atoms with E-state index in [9.17, 15) is 4.79 Å². The molecule has 0 unspecified atom stereocenters. The average Bonchev–Trinajstić information content (AvgIpc) is 2.97. The minimum atomic E-state index is -0.319. The number of fused-ring (bicyclic) bond motifs is 1. The molecule has 2 aromatic heterocycles. The van der Waals surface area contributed by atoms with E-state index in [-0.39, 0.29) is 5.97 Å². The Hall–Kier alpha value is -2.69. The van der Waals surface area contributed by atoms with Crippen LogP contribution in [0.2, 0.25) is 0 Å². The van der Waals surface area contributed by atoms with Crippen molar-refractivity contribution >= 4 is 17.0 Å². The first-order valence-electron chi connectivity index (χ1n) is 6.26. The van der Waals surface area contributed by atoms with Crippen LogP contribution < -0.4 is 0 Å². The zero-order chi connectivity index (χ0) is 14.2. The SMILES string of the molecule is CCOC(=O)c1cccnc1.c1ccc2[nH]cnc2c1. The van der Waals surface area contributed by atoms with Crippen LogP contribution >= 0.6 is 0 Å². The quantitative estimate of drug-likeness (QED) is 0.726. The van der Waals surface area contributed by atoms with E-state index in [2.05, 4.69) is 15.0 Å². The number of carbonyl (C=O) groups excluding carboxylic acids is 1. The molecule has 0 saturated heterocycles. The average molecular weight is 269 g/mol. The molecule has 102 valence electrons. The highest BCUT2D eigenvalue weighted by molar-refractivity contribution is 5.88. The number of ether oxygens (including phenoxy) is 1. The Balaban J connectivity index is 0.000000149. The molecule has 5 nitrogen and oxygen atoms in total. The highest BCUT2D eigenvalue weighted by Gasteiger charge is 2.03. The Kier molecular flexibility index (Phi) is 4.83. The van der Waals surface area contributed by atoms with E-state index in [0.29, 0.717) is 12.2 Å². The molecule has 0 aliphatic rings. The predicted octanol–water partition coefficient (Wildman–Crippen LogP) is 2.82. The van der Waals surface area contributed by atoms with Crippen LogP contribution in [0.1, 0.15) is 17.3 Å². The van der Waals surface area contributed by atoms with Crippen molar-refractivity contribution in [3.63, 3.8) is 0 Å². The third-order valence-electron chi connectivity index (χ3n) is 2.50. The minimum absolute atomic E-state index is 0.319. The Bertz CT molecular complexity index is 635. The summed E-state index contributed by atoms with van der Waals surface area (Å²) in [6, 6.07) is 11.3. The first kappa shape index (κ1) is 13.7. The highest BCUT2D eigenvalue weighted by Crippen LogP contribution is 2.05. The van der Waals surface area contributed by atoms with Crippen molar-refractivity contribution in [2.75, 3.05) is 6.61 Å². The van der Waals surface area contributed by atoms with Crippen LogP contribution in [0, 0.1) is 0 Å². The number of hydrogen-bond acceptors (Lipinski definition) is 4. The standard InChI is InChI=1S/C8H9NO2.C7H6N2/c1-2-11-8(10)7-4-3-5-9-6-7;1-2-4-7-6(3-1)8-5-9-7/h3-6H,2H2,1H3;1-5H,(H,8,9). The summed E-state index contributed by atoms with van der Waals surface area (Å²) < 4.78 is 4.75. The van der Waals surface area contributed by atoms with Gasteiger partial charge in [-0.25, -0.2) is 9.78 Å². The maximum Gasteiger partial charge on any atom is 0.339 e. The first-order chi connectivity index (χ1) is 9.81. The van der Waals surface area contributed by atoms with E-state index in [4.69, 9.17) is 4.74 Å². The van der Waals surface area contributed by atoms with Crippen molar-refractivity contribution < 1.29 is 9.53 Å². The molecule has 0 atom stereocenters. The molecule has 0 spiro atoms. The number of benzene rings is 1. The summed E-state index contributed by atoms with van der Waals surface area (Å²) in [6.45, 7) is 2.17. The lowest BCUT2D eigenvalue weighted by Gasteiger charge is -1.98. The van der Waals surface area contributed by atoms with Crippen molar-refractivity contribution in [3.8, 4) is 0 Å². The van der Waals surface area contributed by atoms with Crippen LogP contribution in [0.15, 0.2) is 55.1 Å². The Morgan fingerprint density at radius 3 is 2.80 bits per heavy atom.